The maximum atomic E-state index is 13.3. The van der Waals surface area contributed by atoms with Crippen molar-refractivity contribution in [1.82, 2.24) is 5.32 Å². The number of rotatable bonds is 10. The van der Waals surface area contributed by atoms with Crippen LogP contribution >= 0.6 is 11.6 Å². The molecule has 0 aliphatic carbocycles. The molecule has 0 fully saturated rings. The van der Waals surface area contributed by atoms with Crippen LogP contribution in [0.5, 0.6) is 0 Å². The van der Waals surface area contributed by atoms with Crippen molar-refractivity contribution in [3.05, 3.63) is 34.6 Å². The molecule has 120 valence electrons. The van der Waals surface area contributed by atoms with Crippen molar-refractivity contribution in [1.29, 1.82) is 0 Å². The molecule has 0 heterocycles. The van der Waals surface area contributed by atoms with Crippen molar-refractivity contribution in [2.75, 3.05) is 19.8 Å². The third-order valence-corrected chi connectivity index (χ3v) is 3.38. The topological polar surface area (TPSA) is 21.3 Å². The minimum atomic E-state index is -2.45. The number of hydrogen-bond acceptors (Lipinski definition) is 2. The lowest BCUT2D eigenvalue weighted by Crippen LogP contribution is -2.33. The molecule has 1 aromatic carbocycles. The van der Waals surface area contributed by atoms with Gasteiger partial charge in [-0.3, -0.25) is 0 Å². The van der Waals surface area contributed by atoms with Crippen LogP contribution in [0.25, 0.3) is 0 Å². The summed E-state index contributed by atoms with van der Waals surface area (Å²) in [4.78, 5) is 0. The number of benzene rings is 1. The summed E-state index contributed by atoms with van der Waals surface area (Å²) in [5.74, 6) is -0.336. The maximum absolute atomic E-state index is 13.3. The zero-order chi connectivity index (χ0) is 15.7. The van der Waals surface area contributed by atoms with Crippen LogP contribution in [-0.2, 0) is 11.2 Å². The van der Waals surface area contributed by atoms with E-state index < -0.39 is 13.0 Å². The number of halogens is 4. The van der Waals surface area contributed by atoms with E-state index in [0.717, 1.165) is 13.0 Å². The summed E-state index contributed by atoms with van der Waals surface area (Å²) in [6, 6.07) is 4.26. The molecular formula is C15H21ClF3NO. The largest absolute Gasteiger partial charge is 0.375 e. The molecule has 1 aromatic rings. The number of ether oxygens (including phenoxy) is 1. The first-order valence-corrected chi connectivity index (χ1v) is 7.44. The highest BCUT2D eigenvalue weighted by atomic mass is 35.5. The van der Waals surface area contributed by atoms with E-state index in [1.54, 1.807) is 0 Å². The Morgan fingerprint density at radius 2 is 2.10 bits per heavy atom. The average molecular weight is 324 g/mol. The van der Waals surface area contributed by atoms with Gasteiger partial charge in [-0.1, -0.05) is 18.5 Å². The second kappa shape index (κ2) is 10.0. The van der Waals surface area contributed by atoms with Crippen LogP contribution in [0.1, 0.15) is 25.3 Å². The average Bonchev–Trinajstić information content (AvgIpc) is 2.44. The Labute approximate surface area is 128 Å². The molecule has 0 saturated heterocycles. The molecule has 0 amide bonds. The van der Waals surface area contributed by atoms with E-state index in [1.165, 1.54) is 18.2 Å². The molecule has 0 saturated carbocycles. The summed E-state index contributed by atoms with van der Waals surface area (Å²) in [6.07, 6.45) is -0.399. The van der Waals surface area contributed by atoms with E-state index in [1.807, 2.05) is 6.92 Å². The summed E-state index contributed by atoms with van der Waals surface area (Å²) >= 11 is 6.05. The molecule has 0 aliphatic rings. The lowest BCUT2D eigenvalue weighted by Gasteiger charge is -2.19. The molecule has 1 N–H and O–H groups in total. The Morgan fingerprint density at radius 3 is 2.76 bits per heavy atom. The summed E-state index contributed by atoms with van der Waals surface area (Å²) in [6.45, 7) is 2.51. The van der Waals surface area contributed by atoms with Crippen LogP contribution in [0.15, 0.2) is 18.2 Å². The molecule has 21 heavy (non-hydrogen) atoms. The predicted octanol–water partition coefficient (Wildman–Crippen LogP) is 4.06. The Balaban J connectivity index is 2.54. The third-order valence-electron chi connectivity index (χ3n) is 3.01. The molecular weight excluding hydrogens is 303 g/mol. The first-order chi connectivity index (χ1) is 10.0. The Morgan fingerprint density at radius 1 is 1.33 bits per heavy atom. The Bertz CT molecular complexity index is 418. The SMILES string of the molecule is CCCNC(CCOCC(F)F)Cc1cc(F)ccc1Cl. The van der Waals surface area contributed by atoms with Gasteiger partial charge in [0.1, 0.15) is 12.4 Å². The van der Waals surface area contributed by atoms with Crippen molar-refractivity contribution in [2.45, 2.75) is 38.7 Å². The summed E-state index contributed by atoms with van der Waals surface area (Å²) in [7, 11) is 0. The van der Waals surface area contributed by atoms with Gasteiger partial charge in [0.2, 0.25) is 0 Å². The van der Waals surface area contributed by atoms with Crippen LogP contribution < -0.4 is 5.32 Å². The van der Waals surface area contributed by atoms with Crippen molar-refractivity contribution >= 4 is 11.6 Å². The van der Waals surface area contributed by atoms with E-state index in [4.69, 9.17) is 16.3 Å². The number of alkyl halides is 2. The monoisotopic (exact) mass is 323 g/mol. The normalized spacial score (nSPS) is 12.9. The van der Waals surface area contributed by atoms with E-state index in [-0.39, 0.29) is 18.5 Å². The van der Waals surface area contributed by atoms with Gasteiger partial charge in [-0.15, -0.1) is 0 Å². The van der Waals surface area contributed by atoms with Gasteiger partial charge in [0.15, 0.2) is 0 Å². The standard InChI is InChI=1S/C15H21ClF3NO/c1-2-6-20-13(5-7-21-10-15(18)19)9-11-8-12(17)3-4-14(11)16/h3-4,8,13,15,20H,2,5-7,9-10H2,1H3. The van der Waals surface area contributed by atoms with Gasteiger partial charge in [-0.2, -0.15) is 0 Å². The Hall–Kier alpha value is -0.780. The van der Waals surface area contributed by atoms with Crippen molar-refractivity contribution in [3.63, 3.8) is 0 Å². The van der Waals surface area contributed by atoms with Crippen molar-refractivity contribution in [3.8, 4) is 0 Å². The van der Waals surface area contributed by atoms with Gasteiger partial charge >= 0.3 is 0 Å². The van der Waals surface area contributed by atoms with Crippen LogP contribution in [0.2, 0.25) is 5.02 Å². The second-order valence-electron chi connectivity index (χ2n) is 4.85. The minimum absolute atomic E-state index is 0.0157. The van der Waals surface area contributed by atoms with E-state index in [2.05, 4.69) is 5.32 Å². The van der Waals surface area contributed by atoms with Gasteiger partial charge < -0.3 is 10.1 Å². The zero-order valence-electron chi connectivity index (χ0n) is 12.0. The first-order valence-electron chi connectivity index (χ1n) is 7.06. The van der Waals surface area contributed by atoms with E-state index in [0.29, 0.717) is 23.4 Å². The molecule has 6 heteroatoms. The quantitative estimate of drug-likeness (QED) is 0.656. The van der Waals surface area contributed by atoms with Crippen molar-refractivity contribution in [2.24, 2.45) is 0 Å². The fraction of sp³-hybridized carbons (Fsp3) is 0.600. The first kappa shape index (κ1) is 18.3. The predicted molar refractivity (Wildman–Crippen MR) is 78.6 cm³/mol. The molecule has 0 bridgehead atoms. The van der Waals surface area contributed by atoms with Crippen LogP contribution in [0, 0.1) is 5.82 Å². The zero-order valence-corrected chi connectivity index (χ0v) is 12.8. The molecule has 1 rings (SSSR count). The fourth-order valence-corrected chi connectivity index (χ4v) is 2.18. The molecule has 0 spiro atoms. The Kier molecular flexibility index (Phi) is 8.73. The van der Waals surface area contributed by atoms with Crippen LogP contribution in [0.3, 0.4) is 0 Å². The highest BCUT2D eigenvalue weighted by Gasteiger charge is 2.12. The molecule has 0 radical (unpaired) electrons. The highest BCUT2D eigenvalue weighted by molar-refractivity contribution is 6.31. The summed E-state index contributed by atoms with van der Waals surface area (Å²) < 4.78 is 42.2. The van der Waals surface area contributed by atoms with Crippen LogP contribution in [0.4, 0.5) is 13.2 Å². The number of hydrogen-bond donors (Lipinski definition) is 1. The number of nitrogens with one attached hydrogen (secondary N) is 1. The van der Waals surface area contributed by atoms with Crippen LogP contribution in [-0.4, -0.2) is 32.2 Å². The van der Waals surface area contributed by atoms with Gasteiger partial charge in [-0.25, -0.2) is 13.2 Å². The lowest BCUT2D eigenvalue weighted by atomic mass is 10.0. The maximum Gasteiger partial charge on any atom is 0.261 e. The van der Waals surface area contributed by atoms with Gasteiger partial charge in [0.05, 0.1) is 0 Å². The molecule has 0 aromatic heterocycles. The van der Waals surface area contributed by atoms with Gasteiger partial charge in [0.25, 0.3) is 6.43 Å². The molecule has 1 unspecified atom stereocenters. The second-order valence-corrected chi connectivity index (χ2v) is 5.25. The summed E-state index contributed by atoms with van der Waals surface area (Å²) in [5.41, 5.74) is 0.708. The molecule has 0 aliphatic heterocycles. The van der Waals surface area contributed by atoms with E-state index >= 15 is 0 Å². The van der Waals surface area contributed by atoms with E-state index in [9.17, 15) is 13.2 Å². The molecule has 2 nitrogen and oxygen atoms in total. The minimum Gasteiger partial charge on any atom is -0.375 e. The summed E-state index contributed by atoms with van der Waals surface area (Å²) in [5, 5.41) is 3.81. The molecule has 1 atom stereocenters. The smallest absolute Gasteiger partial charge is 0.261 e. The van der Waals surface area contributed by atoms with Gasteiger partial charge in [0, 0.05) is 17.7 Å². The fourth-order valence-electron chi connectivity index (χ4n) is 1.99. The lowest BCUT2D eigenvalue weighted by molar-refractivity contribution is 0.0144. The van der Waals surface area contributed by atoms with Crippen molar-refractivity contribution < 1.29 is 17.9 Å². The van der Waals surface area contributed by atoms with Gasteiger partial charge in [-0.05, 0) is 49.6 Å². The third kappa shape index (κ3) is 7.69. The highest BCUT2D eigenvalue weighted by Crippen LogP contribution is 2.19.